The van der Waals surface area contributed by atoms with E-state index in [0.29, 0.717) is 5.88 Å². The lowest BCUT2D eigenvalue weighted by Crippen LogP contribution is -1.98. The van der Waals surface area contributed by atoms with Crippen molar-refractivity contribution < 1.29 is 4.74 Å². The molecule has 0 bridgehead atoms. The molecule has 0 aliphatic rings. The van der Waals surface area contributed by atoms with Gasteiger partial charge >= 0.3 is 0 Å². The van der Waals surface area contributed by atoms with Crippen LogP contribution in [0, 0.1) is 0 Å². The fourth-order valence-corrected chi connectivity index (χ4v) is 4.19. The van der Waals surface area contributed by atoms with Gasteiger partial charge in [0.15, 0.2) is 0 Å². The summed E-state index contributed by atoms with van der Waals surface area (Å²) in [5, 5.41) is 2.95. The lowest BCUT2D eigenvalue weighted by Gasteiger charge is -2.11. The van der Waals surface area contributed by atoms with E-state index in [1.807, 2.05) is 24.3 Å². The van der Waals surface area contributed by atoms with Crippen LogP contribution in [0.25, 0.3) is 21.0 Å². The Kier molecular flexibility index (Phi) is 3.68. The summed E-state index contributed by atoms with van der Waals surface area (Å²) < 4.78 is 6.77. The van der Waals surface area contributed by atoms with E-state index >= 15 is 0 Å². The second-order valence-corrected chi connectivity index (χ2v) is 6.90. The number of aromatic nitrogens is 1. The molecule has 0 saturated heterocycles. The summed E-state index contributed by atoms with van der Waals surface area (Å²) in [5.41, 5.74) is 1.80. The minimum Gasteiger partial charge on any atom is -0.481 e. The Morgan fingerprint density at radius 3 is 2.70 bits per heavy atom. The Balaban J connectivity index is 1.85. The molecule has 0 amide bonds. The SMILES string of the molecule is COc1nc2ccccc2c(Cl)c1Cc1cc2ccccc2s1. The zero-order chi connectivity index (χ0) is 15.8. The van der Waals surface area contributed by atoms with Crippen molar-refractivity contribution >= 4 is 43.9 Å². The monoisotopic (exact) mass is 339 g/mol. The number of fused-ring (bicyclic) bond motifs is 2. The molecule has 114 valence electrons. The van der Waals surface area contributed by atoms with E-state index in [1.54, 1.807) is 18.4 Å². The first-order valence-electron chi connectivity index (χ1n) is 7.35. The normalized spacial score (nSPS) is 11.2. The van der Waals surface area contributed by atoms with Gasteiger partial charge in [-0.2, -0.15) is 0 Å². The molecule has 0 unspecified atom stereocenters. The molecule has 4 heteroatoms. The van der Waals surface area contributed by atoms with Gasteiger partial charge in [0, 0.05) is 26.9 Å². The smallest absolute Gasteiger partial charge is 0.218 e. The minimum absolute atomic E-state index is 0.603. The predicted molar refractivity (Wildman–Crippen MR) is 97.9 cm³/mol. The second kappa shape index (κ2) is 5.84. The average molecular weight is 340 g/mol. The molecule has 0 saturated carbocycles. The van der Waals surface area contributed by atoms with Gasteiger partial charge in [0.1, 0.15) is 0 Å². The molecule has 2 heterocycles. The van der Waals surface area contributed by atoms with Crippen LogP contribution in [-0.2, 0) is 6.42 Å². The van der Waals surface area contributed by atoms with E-state index < -0.39 is 0 Å². The molecule has 0 aliphatic heterocycles. The fourth-order valence-electron chi connectivity index (χ4n) is 2.81. The number of rotatable bonds is 3. The predicted octanol–water partition coefficient (Wildman–Crippen LogP) is 5.70. The molecule has 4 aromatic rings. The molecule has 0 radical (unpaired) electrons. The Labute approximate surface area is 143 Å². The number of para-hydroxylation sites is 1. The fraction of sp³-hybridized carbons (Fsp3) is 0.105. The maximum atomic E-state index is 6.66. The number of benzene rings is 2. The van der Waals surface area contributed by atoms with Crippen molar-refractivity contribution in [3.63, 3.8) is 0 Å². The van der Waals surface area contributed by atoms with E-state index in [0.717, 1.165) is 27.9 Å². The maximum Gasteiger partial charge on any atom is 0.218 e. The lowest BCUT2D eigenvalue weighted by atomic mass is 10.1. The van der Waals surface area contributed by atoms with Crippen LogP contribution in [0.4, 0.5) is 0 Å². The molecule has 2 aromatic heterocycles. The van der Waals surface area contributed by atoms with E-state index in [9.17, 15) is 0 Å². The van der Waals surface area contributed by atoms with Crippen LogP contribution in [0.3, 0.4) is 0 Å². The third-order valence-electron chi connectivity index (χ3n) is 3.91. The van der Waals surface area contributed by atoms with Crippen LogP contribution < -0.4 is 4.74 Å². The van der Waals surface area contributed by atoms with Gasteiger partial charge in [-0.15, -0.1) is 11.3 Å². The number of halogens is 1. The summed E-state index contributed by atoms with van der Waals surface area (Å²) >= 11 is 8.44. The zero-order valence-electron chi connectivity index (χ0n) is 12.5. The number of ether oxygens (including phenoxy) is 1. The van der Waals surface area contributed by atoms with E-state index in [1.165, 1.54) is 15.0 Å². The van der Waals surface area contributed by atoms with Crippen LogP contribution in [0.2, 0.25) is 5.02 Å². The Morgan fingerprint density at radius 2 is 1.87 bits per heavy atom. The maximum absolute atomic E-state index is 6.66. The van der Waals surface area contributed by atoms with Crippen molar-refractivity contribution in [1.29, 1.82) is 0 Å². The van der Waals surface area contributed by atoms with Crippen LogP contribution >= 0.6 is 22.9 Å². The van der Waals surface area contributed by atoms with Crippen molar-refractivity contribution in [3.05, 3.63) is 70.1 Å². The van der Waals surface area contributed by atoms with Crippen molar-refractivity contribution in [2.75, 3.05) is 7.11 Å². The standard InChI is InChI=1S/C19H14ClNOS/c1-22-19-15(18(20)14-7-3-4-8-16(14)21-19)11-13-10-12-6-2-5-9-17(12)23-13/h2-10H,11H2,1H3. The van der Waals surface area contributed by atoms with Gasteiger partial charge in [0.2, 0.25) is 5.88 Å². The van der Waals surface area contributed by atoms with Crippen LogP contribution in [-0.4, -0.2) is 12.1 Å². The number of hydrogen-bond donors (Lipinski definition) is 0. The summed E-state index contributed by atoms with van der Waals surface area (Å²) in [5.74, 6) is 0.603. The molecule has 2 nitrogen and oxygen atoms in total. The highest BCUT2D eigenvalue weighted by atomic mass is 35.5. The first-order chi connectivity index (χ1) is 11.3. The van der Waals surface area contributed by atoms with Gasteiger partial charge < -0.3 is 4.74 Å². The highest BCUT2D eigenvalue weighted by Crippen LogP contribution is 2.36. The zero-order valence-corrected chi connectivity index (χ0v) is 14.1. The highest BCUT2D eigenvalue weighted by Gasteiger charge is 2.15. The Bertz CT molecular complexity index is 976. The van der Waals surface area contributed by atoms with Crippen molar-refractivity contribution in [2.24, 2.45) is 0 Å². The number of methoxy groups -OCH3 is 1. The molecule has 23 heavy (non-hydrogen) atoms. The first-order valence-corrected chi connectivity index (χ1v) is 8.54. The number of thiophene rings is 1. The second-order valence-electron chi connectivity index (χ2n) is 5.36. The number of hydrogen-bond acceptors (Lipinski definition) is 3. The van der Waals surface area contributed by atoms with Gasteiger partial charge in [-0.25, -0.2) is 4.98 Å². The summed E-state index contributed by atoms with van der Waals surface area (Å²) in [6, 6.07) is 18.5. The van der Waals surface area contributed by atoms with Crippen molar-refractivity contribution in [3.8, 4) is 5.88 Å². The summed E-state index contributed by atoms with van der Waals surface area (Å²) in [4.78, 5) is 5.86. The van der Waals surface area contributed by atoms with Crippen LogP contribution in [0.15, 0.2) is 54.6 Å². The largest absolute Gasteiger partial charge is 0.481 e. The first kappa shape index (κ1) is 14.5. The topological polar surface area (TPSA) is 22.1 Å². The molecule has 0 fully saturated rings. The highest BCUT2D eigenvalue weighted by molar-refractivity contribution is 7.19. The third kappa shape index (κ3) is 2.56. The number of nitrogens with zero attached hydrogens (tertiary/aromatic N) is 1. The molecule has 0 atom stereocenters. The van der Waals surface area contributed by atoms with Gasteiger partial charge in [0.05, 0.1) is 17.6 Å². The summed E-state index contributed by atoms with van der Waals surface area (Å²) in [7, 11) is 1.64. The van der Waals surface area contributed by atoms with Gasteiger partial charge in [-0.05, 0) is 23.6 Å². The molecule has 0 N–H and O–H groups in total. The molecular weight excluding hydrogens is 326 g/mol. The van der Waals surface area contributed by atoms with E-state index in [4.69, 9.17) is 16.3 Å². The minimum atomic E-state index is 0.603. The van der Waals surface area contributed by atoms with E-state index in [-0.39, 0.29) is 0 Å². The Hall–Kier alpha value is -2.10. The van der Waals surface area contributed by atoms with Crippen LogP contribution in [0.5, 0.6) is 5.88 Å². The number of pyridine rings is 1. The lowest BCUT2D eigenvalue weighted by molar-refractivity contribution is 0.395. The van der Waals surface area contributed by atoms with Crippen LogP contribution in [0.1, 0.15) is 10.4 Å². The van der Waals surface area contributed by atoms with Crippen molar-refractivity contribution in [2.45, 2.75) is 6.42 Å². The quantitative estimate of drug-likeness (QED) is 0.477. The molecule has 2 aromatic carbocycles. The summed E-state index contributed by atoms with van der Waals surface area (Å²) in [6.45, 7) is 0. The van der Waals surface area contributed by atoms with Gasteiger partial charge in [0.25, 0.3) is 0 Å². The summed E-state index contributed by atoms with van der Waals surface area (Å²) in [6.07, 6.45) is 0.721. The van der Waals surface area contributed by atoms with Gasteiger partial charge in [-0.1, -0.05) is 48.0 Å². The molecular formula is C19H14ClNOS. The average Bonchev–Trinajstić information content (AvgIpc) is 2.99. The molecule has 0 spiro atoms. The Morgan fingerprint density at radius 1 is 1.09 bits per heavy atom. The van der Waals surface area contributed by atoms with Gasteiger partial charge in [-0.3, -0.25) is 0 Å². The van der Waals surface area contributed by atoms with E-state index in [2.05, 4.69) is 35.3 Å². The molecule has 0 aliphatic carbocycles. The third-order valence-corrected chi connectivity index (χ3v) is 5.45. The van der Waals surface area contributed by atoms with Crippen molar-refractivity contribution in [1.82, 2.24) is 4.98 Å². The molecule has 4 rings (SSSR count).